The zero-order valence-electron chi connectivity index (χ0n) is 16.4. The molecule has 1 amide bonds. The predicted molar refractivity (Wildman–Crippen MR) is 122 cm³/mol. The Morgan fingerprint density at radius 2 is 1.72 bits per heavy atom. The average Bonchev–Trinajstić information content (AvgIpc) is 2.77. The molecule has 0 saturated carbocycles. The Balaban J connectivity index is 1.89. The van der Waals surface area contributed by atoms with Crippen molar-refractivity contribution in [2.75, 3.05) is 10.8 Å². The topological polar surface area (TPSA) is 110 Å². The molecular weight excluding hydrogens is 477 g/mol. The van der Waals surface area contributed by atoms with Gasteiger partial charge in [-0.3, -0.25) is 19.2 Å². The van der Waals surface area contributed by atoms with Gasteiger partial charge in [0.1, 0.15) is 6.54 Å². The number of sulfonamides is 1. The third-order valence-electron chi connectivity index (χ3n) is 4.44. The molecule has 3 aromatic rings. The van der Waals surface area contributed by atoms with Crippen LogP contribution in [0.1, 0.15) is 5.56 Å². The van der Waals surface area contributed by atoms with Crippen LogP contribution in [0.15, 0.2) is 77.7 Å². The van der Waals surface area contributed by atoms with Crippen molar-refractivity contribution in [3.05, 3.63) is 98.5 Å². The molecular formula is C21H17Cl2N3O5S. The third kappa shape index (κ3) is 5.56. The van der Waals surface area contributed by atoms with Crippen molar-refractivity contribution >= 4 is 50.5 Å². The molecule has 0 aliphatic heterocycles. The van der Waals surface area contributed by atoms with E-state index in [1.807, 2.05) is 0 Å². The lowest BCUT2D eigenvalue weighted by molar-refractivity contribution is -0.384. The summed E-state index contributed by atoms with van der Waals surface area (Å²) in [7, 11) is -4.18. The zero-order valence-corrected chi connectivity index (χ0v) is 18.8. The number of anilines is 1. The second kappa shape index (κ2) is 9.99. The number of hydrogen-bond donors (Lipinski definition) is 1. The maximum absolute atomic E-state index is 13.3. The number of nitrogens with one attached hydrogen (secondary N) is 1. The predicted octanol–water partition coefficient (Wildman–Crippen LogP) is 4.41. The fourth-order valence-electron chi connectivity index (χ4n) is 2.84. The number of non-ortho nitro benzene ring substituents is 1. The van der Waals surface area contributed by atoms with Crippen molar-refractivity contribution in [3.8, 4) is 0 Å². The van der Waals surface area contributed by atoms with Gasteiger partial charge in [0.05, 0.1) is 15.5 Å². The first-order valence-electron chi connectivity index (χ1n) is 9.21. The number of nitro benzene ring substituents is 1. The normalized spacial score (nSPS) is 11.1. The van der Waals surface area contributed by atoms with Crippen LogP contribution in [0.4, 0.5) is 11.4 Å². The Bertz CT molecular complexity index is 1250. The number of rotatable bonds is 8. The number of nitro groups is 1. The van der Waals surface area contributed by atoms with Gasteiger partial charge in [0.15, 0.2) is 0 Å². The second-order valence-corrected chi connectivity index (χ2v) is 9.32. The van der Waals surface area contributed by atoms with E-state index in [-0.39, 0.29) is 22.8 Å². The van der Waals surface area contributed by atoms with Gasteiger partial charge in [-0.25, -0.2) is 8.42 Å². The van der Waals surface area contributed by atoms with Gasteiger partial charge < -0.3 is 5.32 Å². The van der Waals surface area contributed by atoms with Gasteiger partial charge in [0.2, 0.25) is 5.91 Å². The molecule has 1 N–H and O–H groups in total. The average molecular weight is 494 g/mol. The number of amides is 1. The van der Waals surface area contributed by atoms with Crippen molar-refractivity contribution in [1.29, 1.82) is 0 Å². The van der Waals surface area contributed by atoms with E-state index in [2.05, 4.69) is 5.32 Å². The van der Waals surface area contributed by atoms with E-state index < -0.39 is 27.4 Å². The number of benzene rings is 3. The number of hydrogen-bond acceptors (Lipinski definition) is 5. The van der Waals surface area contributed by atoms with Crippen LogP contribution in [0.25, 0.3) is 0 Å². The van der Waals surface area contributed by atoms with Crippen LogP contribution < -0.4 is 9.62 Å². The number of carbonyl (C=O) groups is 1. The molecule has 0 bridgehead atoms. The maximum Gasteiger partial charge on any atom is 0.271 e. The van der Waals surface area contributed by atoms with E-state index in [4.69, 9.17) is 23.2 Å². The highest BCUT2D eigenvalue weighted by Crippen LogP contribution is 2.27. The van der Waals surface area contributed by atoms with Gasteiger partial charge >= 0.3 is 0 Å². The molecule has 166 valence electrons. The first kappa shape index (κ1) is 23.5. The summed E-state index contributed by atoms with van der Waals surface area (Å²) >= 11 is 12.0. The molecule has 3 aromatic carbocycles. The number of halogens is 2. The Hall–Kier alpha value is -3.14. The van der Waals surface area contributed by atoms with E-state index in [0.717, 1.165) is 10.4 Å². The van der Waals surface area contributed by atoms with Gasteiger partial charge in [-0.2, -0.15) is 0 Å². The fourth-order valence-corrected chi connectivity index (χ4v) is 4.75. The van der Waals surface area contributed by atoms with Crippen LogP contribution >= 0.6 is 23.2 Å². The number of carbonyl (C=O) groups excluding carboxylic acids is 1. The highest BCUT2D eigenvalue weighted by atomic mass is 35.5. The van der Waals surface area contributed by atoms with Crippen LogP contribution in [0, 0.1) is 10.1 Å². The zero-order chi connectivity index (χ0) is 23.3. The molecule has 0 radical (unpaired) electrons. The Labute approximate surface area is 194 Å². The molecule has 11 heteroatoms. The summed E-state index contributed by atoms with van der Waals surface area (Å²) < 4.78 is 27.3. The lowest BCUT2D eigenvalue weighted by atomic mass is 10.2. The van der Waals surface area contributed by atoms with Gasteiger partial charge in [-0.05, 0) is 35.9 Å². The smallest absolute Gasteiger partial charge is 0.271 e. The summed E-state index contributed by atoms with van der Waals surface area (Å²) in [4.78, 5) is 23.1. The second-order valence-electron chi connectivity index (χ2n) is 6.61. The van der Waals surface area contributed by atoms with Crippen LogP contribution in [0.2, 0.25) is 10.0 Å². The van der Waals surface area contributed by atoms with Crippen LogP contribution in [0.5, 0.6) is 0 Å². The lowest BCUT2D eigenvalue weighted by Gasteiger charge is -2.24. The summed E-state index contributed by atoms with van der Waals surface area (Å²) in [6.45, 7) is -0.549. The van der Waals surface area contributed by atoms with Gasteiger partial charge in [-0.1, -0.05) is 53.5 Å². The van der Waals surface area contributed by atoms with Crippen molar-refractivity contribution in [2.24, 2.45) is 0 Å². The fraction of sp³-hybridized carbons (Fsp3) is 0.0952. The first-order chi connectivity index (χ1) is 15.2. The molecule has 32 heavy (non-hydrogen) atoms. The molecule has 0 atom stereocenters. The molecule has 0 aliphatic rings. The molecule has 8 nitrogen and oxygen atoms in total. The van der Waals surface area contributed by atoms with Crippen LogP contribution in [0.3, 0.4) is 0 Å². The van der Waals surface area contributed by atoms with E-state index >= 15 is 0 Å². The SMILES string of the molecule is O=C(CN(c1cccc([N+](=O)[O-])c1)S(=O)(=O)c1ccccc1)NCc1ccc(Cl)cc1Cl. The third-order valence-corrected chi connectivity index (χ3v) is 6.81. The molecule has 3 rings (SSSR count). The molecule has 0 aromatic heterocycles. The van der Waals surface area contributed by atoms with Gasteiger partial charge in [0.25, 0.3) is 15.7 Å². The van der Waals surface area contributed by atoms with Gasteiger partial charge in [-0.15, -0.1) is 0 Å². The monoisotopic (exact) mass is 493 g/mol. The van der Waals surface area contributed by atoms with E-state index in [9.17, 15) is 23.3 Å². The summed E-state index contributed by atoms with van der Waals surface area (Å²) in [5, 5.41) is 14.6. The largest absolute Gasteiger partial charge is 0.350 e. The molecule has 0 aliphatic carbocycles. The minimum atomic E-state index is -4.18. The Morgan fingerprint density at radius 3 is 2.38 bits per heavy atom. The van der Waals surface area contributed by atoms with E-state index in [1.165, 1.54) is 36.4 Å². The highest BCUT2D eigenvalue weighted by molar-refractivity contribution is 7.92. The minimum Gasteiger partial charge on any atom is -0.350 e. The lowest BCUT2D eigenvalue weighted by Crippen LogP contribution is -2.40. The van der Waals surface area contributed by atoms with Crippen molar-refractivity contribution in [3.63, 3.8) is 0 Å². The quantitative estimate of drug-likeness (QED) is 0.369. The summed E-state index contributed by atoms with van der Waals surface area (Å²) in [5.41, 5.74) is 0.282. The molecule has 0 fully saturated rings. The van der Waals surface area contributed by atoms with Crippen molar-refractivity contribution < 1.29 is 18.1 Å². The van der Waals surface area contributed by atoms with Crippen molar-refractivity contribution in [1.82, 2.24) is 5.32 Å². The molecule has 0 spiro atoms. The standard InChI is InChI=1S/C21H17Cl2N3O5S/c22-16-10-9-15(20(23)11-16)13-24-21(27)14-25(17-5-4-6-18(12-17)26(28)29)32(30,31)19-7-2-1-3-8-19/h1-12H,13-14H2,(H,24,27). The first-order valence-corrected chi connectivity index (χ1v) is 11.4. The van der Waals surface area contributed by atoms with Crippen LogP contribution in [-0.4, -0.2) is 25.8 Å². The maximum atomic E-state index is 13.3. The summed E-state index contributed by atoms with van der Waals surface area (Å²) in [5.74, 6) is -0.623. The summed E-state index contributed by atoms with van der Waals surface area (Å²) in [6.07, 6.45) is 0. The highest BCUT2D eigenvalue weighted by Gasteiger charge is 2.28. The summed E-state index contributed by atoms with van der Waals surface area (Å²) in [6, 6.07) is 17.4. The van der Waals surface area contributed by atoms with Crippen LogP contribution in [-0.2, 0) is 21.4 Å². The minimum absolute atomic E-state index is 0.0114. The van der Waals surface area contributed by atoms with E-state index in [1.54, 1.807) is 30.3 Å². The molecule has 0 saturated heterocycles. The Kier molecular flexibility index (Phi) is 7.34. The number of nitrogens with zero attached hydrogens (tertiary/aromatic N) is 2. The van der Waals surface area contributed by atoms with Crippen molar-refractivity contribution in [2.45, 2.75) is 11.4 Å². The molecule has 0 unspecified atom stereocenters. The van der Waals surface area contributed by atoms with Gasteiger partial charge in [0, 0.05) is 28.7 Å². The van der Waals surface area contributed by atoms with E-state index in [0.29, 0.717) is 15.6 Å². The molecule has 0 heterocycles. The Morgan fingerprint density at radius 1 is 1.00 bits per heavy atom.